The van der Waals surface area contributed by atoms with Crippen LogP contribution >= 0.6 is 12.2 Å². The highest BCUT2D eigenvalue weighted by atomic mass is 32.1. The molecule has 3 rings (SSSR count). The highest BCUT2D eigenvalue weighted by molar-refractivity contribution is 7.80. The third-order valence-corrected chi connectivity index (χ3v) is 4.62. The van der Waals surface area contributed by atoms with E-state index in [-0.39, 0.29) is 10.7 Å². The minimum atomic E-state index is -1.08. The molecule has 2 N–H and O–H groups in total. The van der Waals surface area contributed by atoms with Crippen molar-refractivity contribution in [3.05, 3.63) is 59.7 Å². The zero-order chi connectivity index (χ0) is 22.5. The number of nitrogens with one attached hydrogen (secondary N) is 1. The number of carboxylic acid groups (broad SMARTS) is 1. The maximum absolute atomic E-state index is 13.1. The molecule has 0 unspecified atom stereocenters. The van der Waals surface area contributed by atoms with Gasteiger partial charge in [0.2, 0.25) is 0 Å². The van der Waals surface area contributed by atoms with E-state index in [2.05, 4.69) is 5.32 Å². The summed E-state index contributed by atoms with van der Waals surface area (Å²) < 4.78 is 10.8. The number of amides is 2. The van der Waals surface area contributed by atoms with E-state index in [4.69, 9.17) is 26.8 Å². The molecule has 1 aliphatic heterocycles. The maximum atomic E-state index is 13.1. The number of ether oxygens (including phenoxy) is 2. The van der Waals surface area contributed by atoms with Crippen LogP contribution in [0.2, 0.25) is 0 Å². The molecule has 1 atom stereocenters. The SMILES string of the molecule is CCOc1cccc(N2C(=O)/C(=C/c3ccc(O[C@H](C)C(=O)O)cc3)C(=O)NC2=S)c1. The normalized spacial score (nSPS) is 16.1. The second-order valence-electron chi connectivity index (χ2n) is 6.56. The van der Waals surface area contributed by atoms with Gasteiger partial charge in [0.25, 0.3) is 11.8 Å². The monoisotopic (exact) mass is 440 g/mol. The Morgan fingerprint density at radius 1 is 1.19 bits per heavy atom. The molecule has 1 heterocycles. The highest BCUT2D eigenvalue weighted by Crippen LogP contribution is 2.26. The molecule has 0 radical (unpaired) electrons. The fraction of sp³-hybridized carbons (Fsp3) is 0.182. The molecule has 1 aliphatic rings. The van der Waals surface area contributed by atoms with Crippen LogP contribution in [0.4, 0.5) is 5.69 Å². The Morgan fingerprint density at radius 2 is 1.90 bits per heavy atom. The largest absolute Gasteiger partial charge is 0.494 e. The number of benzene rings is 2. The molecule has 8 nitrogen and oxygen atoms in total. The van der Waals surface area contributed by atoms with Crippen LogP contribution in [-0.4, -0.2) is 40.7 Å². The van der Waals surface area contributed by atoms with E-state index in [0.29, 0.717) is 29.4 Å². The van der Waals surface area contributed by atoms with Gasteiger partial charge in [-0.2, -0.15) is 0 Å². The summed E-state index contributed by atoms with van der Waals surface area (Å²) in [5.41, 5.74) is 0.936. The Bertz CT molecular complexity index is 1060. The van der Waals surface area contributed by atoms with Gasteiger partial charge in [0.1, 0.15) is 17.1 Å². The summed E-state index contributed by atoms with van der Waals surface area (Å²) in [7, 11) is 0. The third kappa shape index (κ3) is 5.07. The fourth-order valence-corrected chi connectivity index (χ4v) is 3.12. The molecule has 0 spiro atoms. The van der Waals surface area contributed by atoms with E-state index in [1.165, 1.54) is 17.9 Å². The molecule has 0 aromatic heterocycles. The number of thiocarbonyl (C=S) groups is 1. The Hall–Kier alpha value is -3.72. The van der Waals surface area contributed by atoms with Crippen LogP contribution in [0, 0.1) is 0 Å². The van der Waals surface area contributed by atoms with Gasteiger partial charge in [-0.3, -0.25) is 19.8 Å². The van der Waals surface area contributed by atoms with E-state index in [1.807, 2.05) is 6.92 Å². The van der Waals surface area contributed by atoms with Crippen LogP contribution in [-0.2, 0) is 14.4 Å². The zero-order valence-corrected chi connectivity index (χ0v) is 17.6. The topological polar surface area (TPSA) is 105 Å². The number of hydrogen-bond acceptors (Lipinski definition) is 6. The van der Waals surface area contributed by atoms with Crippen molar-refractivity contribution in [1.82, 2.24) is 5.32 Å². The second-order valence-corrected chi connectivity index (χ2v) is 6.94. The van der Waals surface area contributed by atoms with Crippen molar-refractivity contribution in [2.24, 2.45) is 0 Å². The Balaban J connectivity index is 1.87. The molecule has 0 saturated carbocycles. The summed E-state index contributed by atoms with van der Waals surface area (Å²) in [4.78, 5) is 37.6. The average Bonchev–Trinajstić information content (AvgIpc) is 2.72. The zero-order valence-electron chi connectivity index (χ0n) is 16.8. The molecular formula is C22H20N2O6S. The lowest BCUT2D eigenvalue weighted by Crippen LogP contribution is -2.54. The van der Waals surface area contributed by atoms with E-state index >= 15 is 0 Å². The maximum Gasteiger partial charge on any atom is 0.344 e. The lowest BCUT2D eigenvalue weighted by atomic mass is 10.1. The van der Waals surface area contributed by atoms with Gasteiger partial charge in [0.05, 0.1) is 12.3 Å². The van der Waals surface area contributed by atoms with Crippen molar-refractivity contribution < 1.29 is 29.0 Å². The van der Waals surface area contributed by atoms with Crippen molar-refractivity contribution in [2.45, 2.75) is 20.0 Å². The number of rotatable bonds is 7. The Morgan fingerprint density at radius 3 is 2.55 bits per heavy atom. The van der Waals surface area contributed by atoms with Crippen LogP contribution in [0.3, 0.4) is 0 Å². The summed E-state index contributed by atoms with van der Waals surface area (Å²) >= 11 is 5.21. The molecule has 1 saturated heterocycles. The van der Waals surface area contributed by atoms with Crippen LogP contribution in [0.25, 0.3) is 6.08 Å². The Kier molecular flexibility index (Phi) is 6.66. The predicted molar refractivity (Wildman–Crippen MR) is 118 cm³/mol. The lowest BCUT2D eigenvalue weighted by molar-refractivity contribution is -0.144. The van der Waals surface area contributed by atoms with Crippen LogP contribution in [0.5, 0.6) is 11.5 Å². The molecule has 31 heavy (non-hydrogen) atoms. The van der Waals surface area contributed by atoms with Crippen molar-refractivity contribution in [1.29, 1.82) is 0 Å². The molecule has 1 fully saturated rings. The highest BCUT2D eigenvalue weighted by Gasteiger charge is 2.34. The van der Waals surface area contributed by atoms with Gasteiger partial charge in [0.15, 0.2) is 11.2 Å². The van der Waals surface area contributed by atoms with E-state index in [9.17, 15) is 14.4 Å². The molecule has 2 aromatic carbocycles. The van der Waals surface area contributed by atoms with Gasteiger partial charge in [0, 0.05) is 6.07 Å². The van der Waals surface area contributed by atoms with Crippen LogP contribution in [0.15, 0.2) is 54.1 Å². The van der Waals surface area contributed by atoms with Gasteiger partial charge >= 0.3 is 5.97 Å². The first-order valence-corrected chi connectivity index (χ1v) is 9.85. The van der Waals surface area contributed by atoms with Gasteiger partial charge in [-0.15, -0.1) is 0 Å². The summed E-state index contributed by atoms with van der Waals surface area (Å²) in [6, 6.07) is 13.2. The fourth-order valence-electron chi connectivity index (χ4n) is 2.83. The minimum absolute atomic E-state index is 0.0211. The third-order valence-electron chi connectivity index (χ3n) is 4.34. The number of carbonyl (C=O) groups excluding carboxylic acids is 2. The molecule has 160 valence electrons. The number of carbonyl (C=O) groups is 3. The molecule has 2 aromatic rings. The molecule has 2 amide bonds. The average molecular weight is 440 g/mol. The summed E-state index contributed by atoms with van der Waals surface area (Å²) in [6.45, 7) is 3.74. The van der Waals surface area contributed by atoms with E-state index < -0.39 is 23.9 Å². The first-order chi connectivity index (χ1) is 14.8. The molecule has 9 heteroatoms. The molecule has 0 bridgehead atoms. The van der Waals surface area contributed by atoms with E-state index in [0.717, 1.165) is 0 Å². The molecule has 0 aliphatic carbocycles. The van der Waals surface area contributed by atoms with Crippen LogP contribution in [0.1, 0.15) is 19.4 Å². The first kappa shape index (κ1) is 22.0. The standard InChI is InChI=1S/C22H20N2O6S/c1-3-29-17-6-4-5-15(12-17)24-20(26)18(19(25)23-22(24)31)11-14-7-9-16(10-8-14)30-13(2)21(27)28/h4-13H,3H2,1-2H3,(H,27,28)(H,23,25,31)/b18-11+/t13-/m1/s1. The predicted octanol–water partition coefficient (Wildman–Crippen LogP) is 2.77. The smallest absolute Gasteiger partial charge is 0.344 e. The van der Waals surface area contributed by atoms with Gasteiger partial charge < -0.3 is 14.6 Å². The Labute approximate surface area is 184 Å². The number of carboxylic acids is 1. The van der Waals surface area contributed by atoms with E-state index in [1.54, 1.807) is 48.5 Å². The summed E-state index contributed by atoms with van der Waals surface area (Å²) in [5.74, 6) is -1.33. The van der Waals surface area contributed by atoms with Gasteiger partial charge in [-0.05, 0) is 62.0 Å². The summed E-state index contributed by atoms with van der Waals surface area (Å²) in [5, 5.41) is 11.4. The van der Waals surface area contributed by atoms with Crippen molar-refractivity contribution in [3.63, 3.8) is 0 Å². The van der Waals surface area contributed by atoms with Crippen molar-refractivity contribution in [3.8, 4) is 11.5 Å². The lowest BCUT2D eigenvalue weighted by Gasteiger charge is -2.29. The van der Waals surface area contributed by atoms with Crippen molar-refractivity contribution in [2.75, 3.05) is 11.5 Å². The van der Waals surface area contributed by atoms with Gasteiger partial charge in [-0.1, -0.05) is 18.2 Å². The van der Waals surface area contributed by atoms with Crippen molar-refractivity contribution >= 4 is 46.9 Å². The number of nitrogens with zero attached hydrogens (tertiary/aromatic N) is 1. The number of anilines is 1. The number of hydrogen-bond donors (Lipinski definition) is 2. The second kappa shape index (κ2) is 9.40. The molecular weight excluding hydrogens is 420 g/mol. The first-order valence-electron chi connectivity index (χ1n) is 9.44. The van der Waals surface area contributed by atoms with Gasteiger partial charge in [-0.25, -0.2) is 4.79 Å². The number of aliphatic carboxylic acids is 1. The minimum Gasteiger partial charge on any atom is -0.494 e. The van der Waals surface area contributed by atoms with Crippen LogP contribution < -0.4 is 19.7 Å². The quantitative estimate of drug-likeness (QED) is 0.387. The summed E-state index contributed by atoms with van der Waals surface area (Å²) in [6.07, 6.45) is 0.431.